The highest BCUT2D eigenvalue weighted by atomic mass is 32.2. The smallest absolute Gasteiger partial charge is 0.236 e. The summed E-state index contributed by atoms with van der Waals surface area (Å²) in [6.45, 7) is 5.25. The van der Waals surface area contributed by atoms with Crippen molar-refractivity contribution in [3.05, 3.63) is 36.5 Å². The lowest BCUT2D eigenvalue weighted by Crippen LogP contribution is -2.27. The maximum Gasteiger partial charge on any atom is 0.236 e. The molecule has 0 saturated carbocycles. The summed E-state index contributed by atoms with van der Waals surface area (Å²) in [6, 6.07) is 8.04. The number of thioether (sulfide) groups is 1. The van der Waals surface area contributed by atoms with E-state index < -0.39 is 0 Å². The number of rotatable bonds is 13. The minimum Gasteiger partial charge on any atom is -0.362 e. The SMILES string of the molecule is CCNC(C)CCCCC(=O)Nc1cccc(NC=CC(SC)C(=O)NC)c1. The first-order valence-electron chi connectivity index (χ1n) is 9.81. The van der Waals surface area contributed by atoms with Crippen molar-refractivity contribution in [3.8, 4) is 0 Å². The zero-order chi connectivity index (χ0) is 20.8. The molecule has 4 N–H and O–H groups in total. The molecule has 7 heteroatoms. The van der Waals surface area contributed by atoms with Gasteiger partial charge < -0.3 is 21.3 Å². The van der Waals surface area contributed by atoms with Gasteiger partial charge in [-0.1, -0.05) is 19.4 Å². The van der Waals surface area contributed by atoms with E-state index in [0.717, 1.165) is 37.2 Å². The van der Waals surface area contributed by atoms with E-state index in [-0.39, 0.29) is 17.1 Å². The monoisotopic (exact) mass is 406 g/mol. The average Bonchev–Trinajstić information content (AvgIpc) is 2.68. The summed E-state index contributed by atoms with van der Waals surface area (Å²) in [5, 5.41) is 11.9. The lowest BCUT2D eigenvalue weighted by Gasteiger charge is -2.12. The fourth-order valence-corrected chi connectivity index (χ4v) is 3.31. The van der Waals surface area contributed by atoms with E-state index >= 15 is 0 Å². The molecule has 0 aliphatic heterocycles. The van der Waals surface area contributed by atoms with Crippen LogP contribution in [0, 0.1) is 0 Å². The number of nitrogens with one attached hydrogen (secondary N) is 4. The van der Waals surface area contributed by atoms with Gasteiger partial charge in [-0.25, -0.2) is 0 Å². The van der Waals surface area contributed by atoms with Crippen LogP contribution in [0.4, 0.5) is 11.4 Å². The van der Waals surface area contributed by atoms with Crippen molar-refractivity contribution in [2.24, 2.45) is 0 Å². The molecule has 0 saturated heterocycles. The first kappa shape index (κ1) is 24.0. The number of carbonyl (C=O) groups is 2. The van der Waals surface area contributed by atoms with Gasteiger partial charge in [0.2, 0.25) is 11.8 Å². The van der Waals surface area contributed by atoms with Crippen molar-refractivity contribution in [2.45, 2.75) is 50.8 Å². The van der Waals surface area contributed by atoms with E-state index in [2.05, 4.69) is 35.1 Å². The summed E-state index contributed by atoms with van der Waals surface area (Å²) in [4.78, 5) is 23.8. The Morgan fingerprint density at radius 2 is 1.96 bits per heavy atom. The Bertz CT molecular complexity index is 637. The van der Waals surface area contributed by atoms with Crippen molar-refractivity contribution in [3.63, 3.8) is 0 Å². The summed E-state index contributed by atoms with van der Waals surface area (Å²) in [5.41, 5.74) is 1.61. The Morgan fingerprint density at radius 1 is 1.21 bits per heavy atom. The van der Waals surface area contributed by atoms with Crippen LogP contribution < -0.4 is 21.3 Å². The number of benzene rings is 1. The highest BCUT2D eigenvalue weighted by Crippen LogP contribution is 2.16. The maximum absolute atomic E-state index is 12.1. The first-order chi connectivity index (χ1) is 13.5. The van der Waals surface area contributed by atoms with Crippen molar-refractivity contribution < 1.29 is 9.59 Å². The van der Waals surface area contributed by atoms with Crippen LogP contribution in [0.1, 0.15) is 39.5 Å². The van der Waals surface area contributed by atoms with Crippen LogP contribution in [0.3, 0.4) is 0 Å². The Balaban J connectivity index is 2.43. The summed E-state index contributed by atoms with van der Waals surface area (Å²) >= 11 is 1.46. The second kappa shape index (κ2) is 14.1. The predicted octanol–water partition coefficient (Wildman–Crippen LogP) is 3.59. The molecule has 2 amide bonds. The Labute approximate surface area is 173 Å². The van der Waals surface area contributed by atoms with Gasteiger partial charge in [-0.3, -0.25) is 9.59 Å². The van der Waals surface area contributed by atoms with Crippen LogP contribution in [0.5, 0.6) is 0 Å². The largest absolute Gasteiger partial charge is 0.362 e. The van der Waals surface area contributed by atoms with Crippen molar-refractivity contribution in [1.82, 2.24) is 10.6 Å². The number of anilines is 2. The Hall–Kier alpha value is -1.99. The number of hydrogen-bond acceptors (Lipinski definition) is 5. The highest BCUT2D eigenvalue weighted by Gasteiger charge is 2.11. The van der Waals surface area contributed by atoms with Gasteiger partial charge in [0.05, 0.1) is 0 Å². The molecule has 1 aromatic carbocycles. The normalized spacial score (nSPS) is 13.1. The summed E-state index contributed by atoms with van der Waals surface area (Å²) < 4.78 is 0. The van der Waals surface area contributed by atoms with Crippen molar-refractivity contribution >= 4 is 35.0 Å². The number of hydrogen-bond donors (Lipinski definition) is 4. The fourth-order valence-electron chi connectivity index (χ4n) is 2.74. The third kappa shape index (κ3) is 9.80. The van der Waals surface area contributed by atoms with Crippen LogP contribution in [-0.4, -0.2) is 43.0 Å². The molecule has 1 aromatic rings. The van der Waals surface area contributed by atoms with Gasteiger partial charge in [-0.05, 0) is 63.0 Å². The third-order valence-corrected chi connectivity index (χ3v) is 5.15. The molecular weight excluding hydrogens is 372 g/mol. The minimum atomic E-state index is -0.240. The van der Waals surface area contributed by atoms with E-state index in [1.165, 1.54) is 11.8 Å². The molecule has 0 aliphatic rings. The predicted molar refractivity (Wildman–Crippen MR) is 121 cm³/mol. The molecule has 0 fully saturated rings. The van der Waals surface area contributed by atoms with Gasteiger partial charge in [-0.2, -0.15) is 0 Å². The minimum absolute atomic E-state index is 0.0332. The van der Waals surface area contributed by atoms with E-state index in [0.29, 0.717) is 12.5 Å². The molecule has 0 spiro atoms. The second-order valence-electron chi connectivity index (χ2n) is 6.61. The molecule has 156 valence electrons. The van der Waals surface area contributed by atoms with Crippen LogP contribution in [-0.2, 0) is 9.59 Å². The lowest BCUT2D eigenvalue weighted by molar-refractivity contribution is -0.119. The first-order valence-corrected chi connectivity index (χ1v) is 11.1. The van der Waals surface area contributed by atoms with Gasteiger partial charge in [-0.15, -0.1) is 11.8 Å². The van der Waals surface area contributed by atoms with E-state index in [1.807, 2.05) is 36.6 Å². The zero-order valence-electron chi connectivity index (χ0n) is 17.4. The zero-order valence-corrected chi connectivity index (χ0v) is 18.2. The number of amides is 2. The standard InChI is InChI=1S/C21H34N4O2S/c1-5-23-16(2)9-6-7-12-20(26)25-18-11-8-10-17(15-18)24-14-13-19(28-4)21(27)22-3/h8,10-11,13-16,19,23-24H,5-7,9,12H2,1-4H3,(H,22,27)(H,25,26). The van der Waals surface area contributed by atoms with Gasteiger partial charge in [0.25, 0.3) is 0 Å². The van der Waals surface area contributed by atoms with E-state index in [4.69, 9.17) is 0 Å². The summed E-state index contributed by atoms with van der Waals surface area (Å²) in [7, 11) is 1.63. The van der Waals surface area contributed by atoms with Gasteiger partial charge >= 0.3 is 0 Å². The molecular formula is C21H34N4O2S. The van der Waals surface area contributed by atoms with Crippen LogP contribution in [0.25, 0.3) is 0 Å². The molecule has 0 radical (unpaired) electrons. The van der Waals surface area contributed by atoms with E-state index in [1.54, 1.807) is 13.2 Å². The van der Waals surface area contributed by atoms with Gasteiger partial charge in [0.15, 0.2) is 0 Å². The molecule has 2 atom stereocenters. The molecule has 28 heavy (non-hydrogen) atoms. The molecule has 0 aliphatic carbocycles. The summed E-state index contributed by atoms with van der Waals surface area (Å²) in [5.74, 6) is -0.00251. The Morgan fingerprint density at radius 3 is 2.64 bits per heavy atom. The highest BCUT2D eigenvalue weighted by molar-refractivity contribution is 8.00. The molecule has 2 unspecified atom stereocenters. The van der Waals surface area contributed by atoms with Crippen molar-refractivity contribution in [1.29, 1.82) is 0 Å². The molecule has 0 bridgehead atoms. The van der Waals surface area contributed by atoms with Gasteiger partial charge in [0.1, 0.15) is 5.25 Å². The average molecular weight is 407 g/mol. The second-order valence-corrected chi connectivity index (χ2v) is 7.59. The fraction of sp³-hybridized carbons (Fsp3) is 0.524. The van der Waals surface area contributed by atoms with Crippen LogP contribution >= 0.6 is 11.8 Å². The quantitative estimate of drug-likeness (QED) is 0.376. The molecule has 0 heterocycles. The number of unbranched alkanes of at least 4 members (excludes halogenated alkanes) is 1. The van der Waals surface area contributed by atoms with Crippen molar-refractivity contribution in [2.75, 3.05) is 30.5 Å². The molecule has 0 aromatic heterocycles. The lowest BCUT2D eigenvalue weighted by atomic mass is 10.1. The van der Waals surface area contributed by atoms with E-state index in [9.17, 15) is 9.59 Å². The number of carbonyl (C=O) groups excluding carboxylic acids is 2. The topological polar surface area (TPSA) is 82.3 Å². The Kier molecular flexibility index (Phi) is 12.1. The third-order valence-electron chi connectivity index (χ3n) is 4.27. The van der Waals surface area contributed by atoms with Crippen LogP contribution in [0.2, 0.25) is 0 Å². The molecule has 6 nitrogen and oxygen atoms in total. The summed E-state index contributed by atoms with van der Waals surface area (Å²) in [6.07, 6.45) is 8.99. The van der Waals surface area contributed by atoms with Crippen LogP contribution in [0.15, 0.2) is 36.5 Å². The maximum atomic E-state index is 12.1. The molecule has 1 rings (SSSR count). The van der Waals surface area contributed by atoms with Gasteiger partial charge in [0, 0.05) is 30.9 Å².